The van der Waals surface area contributed by atoms with Gasteiger partial charge in [0.05, 0.1) is 11.0 Å². The molecule has 0 fully saturated rings. The van der Waals surface area contributed by atoms with E-state index in [4.69, 9.17) is 0 Å². The second-order valence-electron chi connectivity index (χ2n) is 22.0. The van der Waals surface area contributed by atoms with Crippen molar-refractivity contribution < 1.29 is 0 Å². The van der Waals surface area contributed by atoms with Crippen LogP contribution in [-0.4, -0.2) is 22.6 Å². The van der Waals surface area contributed by atoms with Crippen LogP contribution in [0.5, 0.6) is 0 Å². The van der Waals surface area contributed by atoms with Crippen molar-refractivity contribution in [1.29, 1.82) is 0 Å². The van der Waals surface area contributed by atoms with E-state index < -0.39 is 0 Å². The van der Waals surface area contributed by atoms with E-state index in [9.17, 15) is 0 Å². The Morgan fingerprint density at radius 3 is 0.934 bits per heavy atom. The number of benzene rings is 11. The molecule has 0 N–H and O–H groups in total. The second-order valence-corrected chi connectivity index (χ2v) is 22.0. The largest absolute Gasteiger partial charge is 0.310 e. The Labute approximate surface area is 445 Å². The molecule has 0 amide bonds. The van der Waals surface area contributed by atoms with Crippen LogP contribution in [0.3, 0.4) is 0 Å². The predicted octanol–water partition coefficient (Wildman–Crippen LogP) is 14.1. The topological polar surface area (TPSA) is 9.86 Å². The Balaban J connectivity index is 1.14. The van der Waals surface area contributed by atoms with Crippen LogP contribution in [0.15, 0.2) is 218 Å². The first kappa shape index (κ1) is 44.6. The van der Waals surface area contributed by atoms with Gasteiger partial charge in [-0.25, -0.2) is 0 Å². The Morgan fingerprint density at radius 1 is 0.263 bits per heavy atom. The maximum absolute atomic E-state index is 2.67. The minimum absolute atomic E-state index is 0.0576. The zero-order valence-corrected chi connectivity index (χ0v) is 43.8. The van der Waals surface area contributed by atoms with Crippen molar-refractivity contribution in [2.24, 2.45) is 0 Å². The number of hydrogen-bond donors (Lipinski definition) is 0. The van der Waals surface area contributed by atoms with Gasteiger partial charge in [0, 0.05) is 44.0 Å². The summed E-state index contributed by atoms with van der Waals surface area (Å²) in [7, 11) is 0. The highest BCUT2D eigenvalue weighted by Gasteiger charge is 2.41. The van der Waals surface area contributed by atoms with Gasteiger partial charge < -0.3 is 9.13 Å². The molecule has 0 aliphatic carbocycles. The first-order valence-electron chi connectivity index (χ1n) is 27.0. The highest BCUT2D eigenvalue weighted by atomic mass is 15.0. The second kappa shape index (κ2) is 16.8. The SMILES string of the molecule is Cc1cc(C)c(B2c3cc4c(cc3-n3c5cc(-c6ccccc6)ccc5c5cc(-c6ccccc6)cc2c53)B(c2c(C)cc(C)cc2C)c2cc(-c3ccccc3)cc3c5ccc(-c6ccccc6)cc5n-4c23)c(C)c1. The number of nitrogens with zero attached hydrogens (tertiary/aromatic N) is 2. The summed E-state index contributed by atoms with van der Waals surface area (Å²) < 4.78 is 5.34. The lowest BCUT2D eigenvalue weighted by Crippen LogP contribution is -2.61. The highest BCUT2D eigenvalue weighted by Crippen LogP contribution is 2.42. The fourth-order valence-electron chi connectivity index (χ4n) is 14.2. The molecule has 2 aliphatic rings. The average molecular weight is 969 g/mol. The first-order valence-corrected chi connectivity index (χ1v) is 27.0. The van der Waals surface area contributed by atoms with Crippen LogP contribution in [0.2, 0.25) is 0 Å². The molecule has 0 radical (unpaired) electrons. The van der Waals surface area contributed by atoms with E-state index in [-0.39, 0.29) is 13.4 Å². The molecule has 358 valence electrons. The molecule has 0 saturated heterocycles. The average Bonchev–Trinajstić information content (AvgIpc) is 3.98. The summed E-state index contributed by atoms with van der Waals surface area (Å²) in [4.78, 5) is 0. The van der Waals surface area contributed by atoms with E-state index in [1.165, 1.54) is 166 Å². The van der Waals surface area contributed by atoms with E-state index in [1.807, 2.05) is 0 Å². The summed E-state index contributed by atoms with van der Waals surface area (Å²) in [5.41, 5.74) is 33.3. The fraction of sp³-hybridized carbons (Fsp3) is 0.0833. The van der Waals surface area contributed by atoms with Gasteiger partial charge in [0.1, 0.15) is 0 Å². The van der Waals surface area contributed by atoms with Crippen molar-refractivity contribution in [3.05, 3.63) is 252 Å². The minimum Gasteiger partial charge on any atom is -0.310 e. The number of aryl methyl sites for hydroxylation is 6. The van der Waals surface area contributed by atoms with Gasteiger partial charge in [-0.05, 0) is 144 Å². The molecular formula is C72H54B2N2. The molecule has 15 rings (SSSR count). The Hall–Kier alpha value is -8.85. The lowest BCUT2D eigenvalue weighted by Gasteiger charge is -2.34. The number of fused-ring (bicyclic) bond motifs is 10. The predicted molar refractivity (Wildman–Crippen MR) is 327 cm³/mol. The van der Waals surface area contributed by atoms with Crippen LogP contribution < -0.4 is 32.8 Å². The van der Waals surface area contributed by atoms with Gasteiger partial charge in [-0.3, -0.25) is 0 Å². The van der Waals surface area contributed by atoms with Gasteiger partial charge in [-0.2, -0.15) is 0 Å². The Morgan fingerprint density at radius 2 is 0.592 bits per heavy atom. The zero-order chi connectivity index (χ0) is 51.1. The summed E-state index contributed by atoms with van der Waals surface area (Å²) in [5, 5.41) is 5.10. The Kier molecular flexibility index (Phi) is 9.88. The number of hydrogen-bond acceptors (Lipinski definition) is 0. The minimum atomic E-state index is -0.0576. The van der Waals surface area contributed by atoms with Crippen molar-refractivity contribution in [3.63, 3.8) is 0 Å². The van der Waals surface area contributed by atoms with Crippen LogP contribution in [0.1, 0.15) is 33.4 Å². The third kappa shape index (κ3) is 6.63. The van der Waals surface area contributed by atoms with Crippen LogP contribution in [-0.2, 0) is 0 Å². The van der Waals surface area contributed by atoms with E-state index in [2.05, 4.69) is 269 Å². The normalized spacial score (nSPS) is 12.6. The molecule has 76 heavy (non-hydrogen) atoms. The monoisotopic (exact) mass is 968 g/mol. The molecule has 4 heteroatoms. The van der Waals surface area contributed by atoms with Gasteiger partial charge in [-0.1, -0.05) is 226 Å². The van der Waals surface area contributed by atoms with Crippen molar-refractivity contribution in [2.45, 2.75) is 41.5 Å². The Bertz CT molecular complexity index is 4230. The first-order chi connectivity index (χ1) is 37.2. The molecule has 4 heterocycles. The van der Waals surface area contributed by atoms with Crippen molar-refractivity contribution >= 4 is 89.8 Å². The summed E-state index contributed by atoms with van der Waals surface area (Å²) in [6.45, 7) is 13.7. The summed E-state index contributed by atoms with van der Waals surface area (Å²) in [5.74, 6) is 0. The molecule has 0 bridgehead atoms. The summed E-state index contributed by atoms with van der Waals surface area (Å²) in [6, 6.07) is 83.2. The van der Waals surface area contributed by atoms with Gasteiger partial charge in [0.15, 0.2) is 0 Å². The smallest absolute Gasteiger partial charge is 0.247 e. The van der Waals surface area contributed by atoms with E-state index in [0.29, 0.717) is 0 Å². The van der Waals surface area contributed by atoms with E-state index in [0.717, 1.165) is 0 Å². The van der Waals surface area contributed by atoms with Crippen LogP contribution in [0.25, 0.3) is 99.5 Å². The molecule has 0 spiro atoms. The third-order valence-electron chi connectivity index (χ3n) is 17.2. The molecule has 2 aromatic heterocycles. The third-order valence-corrected chi connectivity index (χ3v) is 17.2. The molecular weight excluding hydrogens is 914 g/mol. The zero-order valence-electron chi connectivity index (χ0n) is 43.8. The molecule has 2 aliphatic heterocycles. The lowest BCUT2D eigenvalue weighted by atomic mass is 9.32. The quantitative estimate of drug-likeness (QED) is 0.147. The van der Waals surface area contributed by atoms with Crippen molar-refractivity contribution in [3.8, 4) is 55.9 Å². The highest BCUT2D eigenvalue weighted by molar-refractivity contribution is 7.00. The molecule has 0 atom stereocenters. The van der Waals surface area contributed by atoms with Gasteiger partial charge >= 0.3 is 0 Å². The lowest BCUT2D eigenvalue weighted by molar-refractivity contribution is 1.16. The number of aromatic nitrogens is 2. The van der Waals surface area contributed by atoms with Gasteiger partial charge in [-0.15, -0.1) is 0 Å². The van der Waals surface area contributed by atoms with Crippen molar-refractivity contribution in [1.82, 2.24) is 9.13 Å². The van der Waals surface area contributed by atoms with Gasteiger partial charge in [0.2, 0.25) is 13.4 Å². The summed E-state index contributed by atoms with van der Waals surface area (Å²) in [6.07, 6.45) is 0. The van der Waals surface area contributed by atoms with E-state index in [1.54, 1.807) is 0 Å². The molecule has 2 nitrogen and oxygen atoms in total. The molecule has 11 aromatic carbocycles. The van der Waals surface area contributed by atoms with Crippen LogP contribution >= 0.6 is 0 Å². The van der Waals surface area contributed by atoms with Crippen LogP contribution in [0.4, 0.5) is 0 Å². The van der Waals surface area contributed by atoms with Crippen molar-refractivity contribution in [2.75, 3.05) is 0 Å². The summed E-state index contributed by atoms with van der Waals surface area (Å²) >= 11 is 0. The molecule has 0 saturated carbocycles. The van der Waals surface area contributed by atoms with Crippen LogP contribution in [0, 0.1) is 41.5 Å². The fourth-order valence-corrected chi connectivity index (χ4v) is 14.2. The standard InChI is InChI=1S/C72H54B2N2/c1-43-31-45(3)69(46(4)32-43)73-61-41-68-62(42-67(61)75-65-39-53(49-19-11-7-12-20-49)27-29-57(65)59-35-55(37-63(73)71(59)75)51-23-15-9-16-24-51)74(70-47(5)33-44(2)34-48(70)6)64-38-56(52-25-17-10-18-26-52)36-60-58-30-28-54(50-21-13-8-14-22-50)40-66(58)76(68)72(60)64/h7-42H,1-6H3. The maximum Gasteiger partial charge on any atom is 0.247 e. The van der Waals surface area contributed by atoms with Gasteiger partial charge in [0.25, 0.3) is 0 Å². The molecule has 0 unspecified atom stereocenters. The number of rotatable bonds is 6. The van der Waals surface area contributed by atoms with E-state index >= 15 is 0 Å². The molecule has 13 aromatic rings. The maximum atomic E-state index is 2.67.